The first kappa shape index (κ1) is 12.6. The van der Waals surface area contributed by atoms with Crippen LogP contribution in [0.3, 0.4) is 0 Å². The number of amides is 1. The number of anilines is 1. The zero-order valence-electron chi connectivity index (χ0n) is 10.0. The molecule has 1 aromatic carbocycles. The van der Waals surface area contributed by atoms with Gasteiger partial charge in [0, 0.05) is 12.2 Å². The van der Waals surface area contributed by atoms with E-state index in [0.29, 0.717) is 6.54 Å². The van der Waals surface area contributed by atoms with Crippen molar-refractivity contribution < 1.29 is 4.79 Å². The van der Waals surface area contributed by atoms with Crippen LogP contribution in [0.25, 0.3) is 0 Å². The molecule has 0 fully saturated rings. The number of nitrogens with one attached hydrogen (secondary N) is 2. The van der Waals surface area contributed by atoms with Gasteiger partial charge in [-0.15, -0.1) is 0 Å². The Morgan fingerprint density at radius 1 is 1.31 bits per heavy atom. The van der Waals surface area contributed by atoms with Crippen LogP contribution < -0.4 is 10.6 Å². The molecule has 0 bridgehead atoms. The summed E-state index contributed by atoms with van der Waals surface area (Å²) in [5, 5.41) is 5.95. The van der Waals surface area contributed by atoms with Crippen molar-refractivity contribution in [2.75, 3.05) is 18.4 Å². The van der Waals surface area contributed by atoms with E-state index in [4.69, 9.17) is 0 Å². The smallest absolute Gasteiger partial charge is 0.239 e. The molecule has 0 radical (unpaired) electrons. The van der Waals surface area contributed by atoms with Crippen LogP contribution >= 0.6 is 0 Å². The third-order valence-corrected chi connectivity index (χ3v) is 2.36. The van der Waals surface area contributed by atoms with Crippen LogP contribution in [0.15, 0.2) is 24.3 Å². The third kappa shape index (κ3) is 4.34. The van der Waals surface area contributed by atoms with Crippen LogP contribution in [0.2, 0.25) is 0 Å². The molecule has 3 heteroatoms. The highest BCUT2D eigenvalue weighted by atomic mass is 16.1. The number of aryl methyl sites for hydroxylation is 1. The van der Waals surface area contributed by atoms with Gasteiger partial charge < -0.3 is 10.6 Å². The summed E-state index contributed by atoms with van der Waals surface area (Å²) in [5.41, 5.74) is 2.28. The van der Waals surface area contributed by atoms with E-state index >= 15 is 0 Å². The maximum atomic E-state index is 11.4. The Hall–Kier alpha value is -1.51. The number of carbonyl (C=O) groups excluding carboxylic acids is 1. The first-order chi connectivity index (χ1) is 7.76. The van der Waals surface area contributed by atoms with E-state index in [0.717, 1.165) is 25.1 Å². The van der Waals surface area contributed by atoms with Crippen molar-refractivity contribution in [1.82, 2.24) is 5.32 Å². The highest BCUT2D eigenvalue weighted by molar-refractivity contribution is 5.80. The Bertz CT molecular complexity index is 336. The minimum Gasteiger partial charge on any atom is -0.376 e. The quantitative estimate of drug-likeness (QED) is 0.771. The summed E-state index contributed by atoms with van der Waals surface area (Å²) in [7, 11) is 0. The average Bonchev–Trinajstić information content (AvgIpc) is 2.34. The molecule has 0 saturated heterocycles. The van der Waals surface area contributed by atoms with Crippen LogP contribution in [-0.2, 0) is 11.2 Å². The molecule has 0 aliphatic heterocycles. The van der Waals surface area contributed by atoms with E-state index in [1.165, 1.54) is 5.56 Å². The average molecular weight is 220 g/mol. The summed E-state index contributed by atoms with van der Waals surface area (Å²) in [5.74, 6) is 0.0451. The van der Waals surface area contributed by atoms with Crippen molar-refractivity contribution >= 4 is 11.6 Å². The molecule has 0 aliphatic carbocycles. The zero-order valence-corrected chi connectivity index (χ0v) is 10.0. The van der Waals surface area contributed by atoms with Gasteiger partial charge in [-0.1, -0.05) is 26.0 Å². The maximum Gasteiger partial charge on any atom is 0.239 e. The Balaban J connectivity index is 2.38. The number of rotatable bonds is 6. The highest BCUT2D eigenvalue weighted by Crippen LogP contribution is 2.10. The predicted molar refractivity (Wildman–Crippen MR) is 67.6 cm³/mol. The van der Waals surface area contributed by atoms with Gasteiger partial charge in [-0.3, -0.25) is 4.79 Å². The first-order valence-corrected chi connectivity index (χ1v) is 5.85. The molecular formula is C13H20N2O. The Labute approximate surface area is 97.2 Å². The fourth-order valence-corrected chi connectivity index (χ4v) is 1.41. The van der Waals surface area contributed by atoms with E-state index in [2.05, 4.69) is 29.7 Å². The molecule has 0 heterocycles. The zero-order chi connectivity index (χ0) is 11.8. The van der Waals surface area contributed by atoms with Gasteiger partial charge in [0.1, 0.15) is 0 Å². The molecule has 2 N–H and O–H groups in total. The summed E-state index contributed by atoms with van der Waals surface area (Å²) >= 11 is 0. The van der Waals surface area contributed by atoms with E-state index in [1.807, 2.05) is 19.1 Å². The Kier molecular flexibility index (Phi) is 5.40. The van der Waals surface area contributed by atoms with Gasteiger partial charge >= 0.3 is 0 Å². The molecular weight excluding hydrogens is 200 g/mol. The van der Waals surface area contributed by atoms with Gasteiger partial charge in [-0.2, -0.15) is 0 Å². The number of carbonyl (C=O) groups is 1. The predicted octanol–water partition coefficient (Wildman–Crippen LogP) is 2.19. The maximum absolute atomic E-state index is 11.4. The van der Waals surface area contributed by atoms with Crippen molar-refractivity contribution in [2.45, 2.75) is 26.7 Å². The fourth-order valence-electron chi connectivity index (χ4n) is 1.41. The molecule has 1 rings (SSSR count). The monoisotopic (exact) mass is 220 g/mol. The molecule has 88 valence electrons. The number of benzene rings is 1. The molecule has 0 unspecified atom stereocenters. The van der Waals surface area contributed by atoms with Gasteiger partial charge in [0.25, 0.3) is 0 Å². The molecule has 0 atom stereocenters. The summed E-state index contributed by atoms with van der Waals surface area (Å²) in [6.07, 6.45) is 1.98. The third-order valence-electron chi connectivity index (χ3n) is 2.36. The van der Waals surface area contributed by atoms with Crippen molar-refractivity contribution in [3.8, 4) is 0 Å². The number of hydrogen-bond acceptors (Lipinski definition) is 2. The first-order valence-electron chi connectivity index (χ1n) is 5.85. The molecule has 0 saturated carbocycles. The van der Waals surface area contributed by atoms with Crippen molar-refractivity contribution in [2.24, 2.45) is 0 Å². The van der Waals surface area contributed by atoms with E-state index in [-0.39, 0.29) is 5.91 Å². The van der Waals surface area contributed by atoms with Crippen molar-refractivity contribution in [1.29, 1.82) is 0 Å². The SMILES string of the molecule is CCCNC(=O)CNc1cccc(CC)c1. The molecule has 1 amide bonds. The van der Waals surface area contributed by atoms with Gasteiger partial charge in [-0.05, 0) is 30.5 Å². The van der Waals surface area contributed by atoms with Gasteiger partial charge in [-0.25, -0.2) is 0 Å². The highest BCUT2D eigenvalue weighted by Gasteiger charge is 1.99. The van der Waals surface area contributed by atoms with Crippen molar-refractivity contribution in [3.05, 3.63) is 29.8 Å². The topological polar surface area (TPSA) is 41.1 Å². The van der Waals surface area contributed by atoms with Crippen molar-refractivity contribution in [3.63, 3.8) is 0 Å². The minimum absolute atomic E-state index is 0.0451. The van der Waals surface area contributed by atoms with E-state index < -0.39 is 0 Å². The molecule has 0 aliphatic rings. The van der Waals surface area contributed by atoms with Gasteiger partial charge in [0.15, 0.2) is 0 Å². The molecule has 0 aromatic heterocycles. The Morgan fingerprint density at radius 2 is 2.12 bits per heavy atom. The lowest BCUT2D eigenvalue weighted by atomic mass is 10.1. The fraction of sp³-hybridized carbons (Fsp3) is 0.462. The van der Waals surface area contributed by atoms with Gasteiger partial charge in [0.2, 0.25) is 5.91 Å². The van der Waals surface area contributed by atoms with Crippen LogP contribution in [0, 0.1) is 0 Å². The number of hydrogen-bond donors (Lipinski definition) is 2. The summed E-state index contributed by atoms with van der Waals surface area (Å²) < 4.78 is 0. The van der Waals surface area contributed by atoms with E-state index in [1.54, 1.807) is 0 Å². The minimum atomic E-state index is 0.0451. The second-order valence-corrected chi connectivity index (χ2v) is 3.76. The lowest BCUT2D eigenvalue weighted by molar-refractivity contribution is -0.119. The molecule has 3 nitrogen and oxygen atoms in total. The molecule has 0 spiro atoms. The van der Waals surface area contributed by atoms with Gasteiger partial charge in [0.05, 0.1) is 6.54 Å². The summed E-state index contributed by atoms with van der Waals surface area (Å²) in [4.78, 5) is 11.4. The second-order valence-electron chi connectivity index (χ2n) is 3.76. The normalized spacial score (nSPS) is 9.88. The van der Waals surface area contributed by atoms with Crippen LogP contribution in [0.1, 0.15) is 25.8 Å². The lowest BCUT2D eigenvalue weighted by Gasteiger charge is -2.08. The summed E-state index contributed by atoms with van der Waals surface area (Å²) in [6, 6.07) is 8.15. The van der Waals surface area contributed by atoms with E-state index in [9.17, 15) is 4.79 Å². The lowest BCUT2D eigenvalue weighted by Crippen LogP contribution is -2.30. The second kappa shape index (κ2) is 6.88. The van der Waals surface area contributed by atoms with Crippen LogP contribution in [0.4, 0.5) is 5.69 Å². The standard InChI is InChI=1S/C13H20N2O/c1-3-8-14-13(16)10-15-12-7-5-6-11(4-2)9-12/h5-7,9,15H,3-4,8,10H2,1-2H3,(H,14,16). The largest absolute Gasteiger partial charge is 0.376 e. The summed E-state index contributed by atoms with van der Waals surface area (Å²) in [6.45, 7) is 5.24. The molecule has 16 heavy (non-hydrogen) atoms. The Morgan fingerprint density at radius 3 is 2.81 bits per heavy atom. The molecule has 1 aromatic rings. The van der Waals surface area contributed by atoms with Crippen LogP contribution in [-0.4, -0.2) is 19.0 Å². The van der Waals surface area contributed by atoms with Crippen LogP contribution in [0.5, 0.6) is 0 Å².